The molecule has 1 amide bonds. The SMILES string of the molecule is CCn1cnc2sc(C(=O)NCc3cccnc3)c(C)c2c1=O. The number of fused-ring (bicyclic) bond motifs is 1. The van der Waals surface area contributed by atoms with Crippen LogP contribution < -0.4 is 10.9 Å². The van der Waals surface area contributed by atoms with Gasteiger partial charge in [-0.3, -0.25) is 19.1 Å². The van der Waals surface area contributed by atoms with Crippen molar-refractivity contribution >= 4 is 27.5 Å². The van der Waals surface area contributed by atoms with Gasteiger partial charge in [-0.1, -0.05) is 6.07 Å². The number of hydrogen-bond acceptors (Lipinski definition) is 5. The van der Waals surface area contributed by atoms with Crippen LogP contribution in [-0.4, -0.2) is 20.4 Å². The first-order chi connectivity index (χ1) is 11.1. The van der Waals surface area contributed by atoms with Crippen LogP contribution in [0.3, 0.4) is 0 Å². The molecule has 0 atom stereocenters. The number of thiophene rings is 1. The maximum absolute atomic E-state index is 12.4. The van der Waals surface area contributed by atoms with Gasteiger partial charge in [0.2, 0.25) is 0 Å². The number of aromatic nitrogens is 3. The highest BCUT2D eigenvalue weighted by atomic mass is 32.1. The van der Waals surface area contributed by atoms with Crippen molar-refractivity contribution in [2.24, 2.45) is 0 Å². The molecule has 0 saturated carbocycles. The van der Waals surface area contributed by atoms with E-state index in [1.54, 1.807) is 23.9 Å². The number of hydrogen-bond donors (Lipinski definition) is 1. The Balaban J connectivity index is 1.91. The molecule has 0 bridgehead atoms. The summed E-state index contributed by atoms with van der Waals surface area (Å²) in [5.41, 5.74) is 1.51. The van der Waals surface area contributed by atoms with E-state index in [9.17, 15) is 9.59 Å². The summed E-state index contributed by atoms with van der Waals surface area (Å²) >= 11 is 1.25. The minimum atomic E-state index is -0.197. The van der Waals surface area contributed by atoms with Crippen LogP contribution in [0.15, 0.2) is 35.6 Å². The van der Waals surface area contributed by atoms with Gasteiger partial charge in [-0.2, -0.15) is 0 Å². The summed E-state index contributed by atoms with van der Waals surface area (Å²) in [6, 6.07) is 3.72. The van der Waals surface area contributed by atoms with Crippen LogP contribution in [0.4, 0.5) is 0 Å². The summed E-state index contributed by atoms with van der Waals surface area (Å²) in [4.78, 5) is 34.2. The highest BCUT2D eigenvalue weighted by Gasteiger charge is 2.19. The first kappa shape index (κ1) is 15.4. The number of pyridine rings is 1. The molecule has 0 radical (unpaired) electrons. The topological polar surface area (TPSA) is 76.9 Å². The van der Waals surface area contributed by atoms with E-state index in [-0.39, 0.29) is 11.5 Å². The highest BCUT2D eigenvalue weighted by Crippen LogP contribution is 2.26. The van der Waals surface area contributed by atoms with E-state index in [0.717, 1.165) is 5.56 Å². The molecule has 6 nitrogen and oxygen atoms in total. The predicted octanol–water partition coefficient (Wildman–Crippen LogP) is 2.11. The van der Waals surface area contributed by atoms with Gasteiger partial charge in [-0.25, -0.2) is 4.98 Å². The van der Waals surface area contributed by atoms with Crippen LogP contribution >= 0.6 is 11.3 Å². The van der Waals surface area contributed by atoms with E-state index in [4.69, 9.17) is 0 Å². The number of nitrogens with zero attached hydrogens (tertiary/aromatic N) is 3. The van der Waals surface area contributed by atoms with Crippen LogP contribution in [0.25, 0.3) is 10.2 Å². The van der Waals surface area contributed by atoms with E-state index < -0.39 is 0 Å². The number of carbonyl (C=O) groups excluding carboxylic acids is 1. The van der Waals surface area contributed by atoms with Crippen molar-refractivity contribution in [3.8, 4) is 0 Å². The van der Waals surface area contributed by atoms with Crippen LogP contribution in [0.5, 0.6) is 0 Å². The van der Waals surface area contributed by atoms with Gasteiger partial charge >= 0.3 is 0 Å². The van der Waals surface area contributed by atoms with Gasteiger partial charge < -0.3 is 5.32 Å². The second-order valence-corrected chi connectivity index (χ2v) is 6.12. The number of amides is 1. The predicted molar refractivity (Wildman–Crippen MR) is 89.7 cm³/mol. The average Bonchev–Trinajstić information content (AvgIpc) is 2.92. The summed E-state index contributed by atoms with van der Waals surface area (Å²) < 4.78 is 1.54. The molecule has 3 rings (SSSR count). The Hall–Kier alpha value is -2.54. The lowest BCUT2D eigenvalue weighted by Gasteiger charge is -2.04. The third kappa shape index (κ3) is 2.87. The molecule has 7 heteroatoms. The van der Waals surface area contributed by atoms with Gasteiger partial charge in [0, 0.05) is 25.5 Å². The lowest BCUT2D eigenvalue weighted by Crippen LogP contribution is -2.23. The zero-order valence-corrected chi connectivity index (χ0v) is 13.7. The summed E-state index contributed by atoms with van der Waals surface area (Å²) in [7, 11) is 0. The second kappa shape index (κ2) is 6.29. The molecule has 0 aliphatic rings. The molecule has 0 aromatic carbocycles. The maximum atomic E-state index is 12.4. The van der Waals surface area contributed by atoms with Crippen molar-refractivity contribution in [2.75, 3.05) is 0 Å². The van der Waals surface area contributed by atoms with Crippen molar-refractivity contribution in [1.29, 1.82) is 0 Å². The van der Waals surface area contributed by atoms with Gasteiger partial charge in [0.05, 0.1) is 16.6 Å². The van der Waals surface area contributed by atoms with Crippen LogP contribution in [-0.2, 0) is 13.1 Å². The van der Waals surface area contributed by atoms with Gasteiger partial charge in [0.15, 0.2) is 0 Å². The number of carbonyl (C=O) groups is 1. The number of nitrogens with one attached hydrogen (secondary N) is 1. The molecule has 1 N–H and O–H groups in total. The first-order valence-electron chi connectivity index (χ1n) is 7.27. The van der Waals surface area contributed by atoms with Crippen molar-refractivity contribution in [1.82, 2.24) is 19.9 Å². The molecule has 3 aromatic heterocycles. The summed E-state index contributed by atoms with van der Waals surface area (Å²) in [5, 5.41) is 3.39. The highest BCUT2D eigenvalue weighted by molar-refractivity contribution is 7.20. The van der Waals surface area contributed by atoms with E-state index >= 15 is 0 Å². The number of aryl methyl sites for hydroxylation is 2. The smallest absolute Gasteiger partial charge is 0.262 e. The minimum absolute atomic E-state index is 0.0995. The Bertz CT molecular complexity index is 915. The quantitative estimate of drug-likeness (QED) is 0.796. The molecule has 118 valence electrons. The maximum Gasteiger partial charge on any atom is 0.262 e. The van der Waals surface area contributed by atoms with Crippen molar-refractivity contribution in [3.63, 3.8) is 0 Å². The molecule has 0 aliphatic heterocycles. The fourth-order valence-electron chi connectivity index (χ4n) is 2.37. The Morgan fingerprint density at radius 3 is 2.96 bits per heavy atom. The van der Waals surface area contributed by atoms with E-state index in [0.29, 0.717) is 33.7 Å². The number of rotatable bonds is 4. The molecule has 0 aliphatic carbocycles. The average molecular weight is 328 g/mol. The monoisotopic (exact) mass is 328 g/mol. The zero-order chi connectivity index (χ0) is 16.4. The fourth-order valence-corrected chi connectivity index (χ4v) is 3.42. The van der Waals surface area contributed by atoms with Crippen LogP contribution in [0.1, 0.15) is 27.7 Å². The molecular weight excluding hydrogens is 312 g/mol. The van der Waals surface area contributed by atoms with E-state index in [1.165, 1.54) is 17.7 Å². The molecule has 0 saturated heterocycles. The summed E-state index contributed by atoms with van der Waals surface area (Å²) in [5.74, 6) is -0.197. The Labute approximate surface area is 136 Å². The molecule has 0 fully saturated rings. The largest absolute Gasteiger partial charge is 0.347 e. The zero-order valence-electron chi connectivity index (χ0n) is 12.9. The van der Waals surface area contributed by atoms with Crippen molar-refractivity contribution < 1.29 is 4.79 Å². The van der Waals surface area contributed by atoms with Gasteiger partial charge in [0.25, 0.3) is 11.5 Å². The summed E-state index contributed by atoms with van der Waals surface area (Å²) in [6.45, 7) is 4.63. The van der Waals surface area contributed by atoms with E-state index in [2.05, 4.69) is 15.3 Å². The normalized spacial score (nSPS) is 10.9. The van der Waals surface area contributed by atoms with Gasteiger partial charge in [-0.05, 0) is 31.0 Å². The lowest BCUT2D eigenvalue weighted by molar-refractivity contribution is 0.0954. The van der Waals surface area contributed by atoms with Crippen LogP contribution in [0, 0.1) is 6.92 Å². The van der Waals surface area contributed by atoms with Crippen LogP contribution in [0.2, 0.25) is 0 Å². The Kier molecular flexibility index (Phi) is 4.20. The molecule has 3 aromatic rings. The third-order valence-corrected chi connectivity index (χ3v) is 4.84. The van der Waals surface area contributed by atoms with Gasteiger partial charge in [0.1, 0.15) is 4.83 Å². The standard InChI is InChI=1S/C16H16N4O2S/c1-3-20-9-19-15-12(16(20)22)10(2)13(23-15)14(21)18-8-11-5-4-6-17-7-11/h4-7,9H,3,8H2,1-2H3,(H,18,21). The molecule has 23 heavy (non-hydrogen) atoms. The van der Waals surface area contributed by atoms with E-state index in [1.807, 2.05) is 19.1 Å². The Morgan fingerprint density at radius 2 is 2.26 bits per heavy atom. The third-order valence-electron chi connectivity index (χ3n) is 3.64. The molecule has 3 heterocycles. The van der Waals surface area contributed by atoms with Crippen molar-refractivity contribution in [2.45, 2.75) is 26.9 Å². The lowest BCUT2D eigenvalue weighted by atomic mass is 10.2. The molecular formula is C16H16N4O2S. The fraction of sp³-hybridized carbons (Fsp3) is 0.250. The minimum Gasteiger partial charge on any atom is -0.347 e. The summed E-state index contributed by atoms with van der Waals surface area (Å²) in [6.07, 6.45) is 4.92. The molecule has 0 unspecified atom stereocenters. The molecule has 0 spiro atoms. The Morgan fingerprint density at radius 1 is 1.43 bits per heavy atom. The second-order valence-electron chi connectivity index (χ2n) is 5.12. The van der Waals surface area contributed by atoms with Gasteiger partial charge in [-0.15, -0.1) is 11.3 Å². The first-order valence-corrected chi connectivity index (χ1v) is 8.09. The van der Waals surface area contributed by atoms with Crippen molar-refractivity contribution in [3.05, 3.63) is 57.2 Å².